The molecule has 0 aromatic carbocycles. The average Bonchev–Trinajstić information content (AvgIpc) is 2.32. The predicted molar refractivity (Wildman–Crippen MR) is 58.7 cm³/mol. The second-order valence-electron chi connectivity index (χ2n) is 3.54. The normalized spacial score (nSPS) is 18.9. The van der Waals surface area contributed by atoms with Crippen LogP contribution in [0.4, 0.5) is 0 Å². The monoisotopic (exact) mass is 269 g/mol. The van der Waals surface area contributed by atoms with E-state index in [1.165, 1.54) is 6.92 Å². The molecule has 0 unspecified atom stereocenters. The zero-order chi connectivity index (χ0) is 13.6. The van der Waals surface area contributed by atoms with Crippen molar-refractivity contribution in [3.8, 4) is 0 Å². The van der Waals surface area contributed by atoms with Crippen molar-refractivity contribution in [1.29, 1.82) is 0 Å². The summed E-state index contributed by atoms with van der Waals surface area (Å²) in [4.78, 5) is 21.1. The van der Waals surface area contributed by atoms with Crippen LogP contribution >= 0.6 is 0 Å². The van der Waals surface area contributed by atoms with Gasteiger partial charge in [-0.25, -0.2) is 4.79 Å². The minimum absolute atomic E-state index is 0. The number of carboxylic acid groups (broad SMARTS) is 1. The van der Waals surface area contributed by atoms with Gasteiger partial charge in [0.1, 0.15) is 24.6 Å². The molecule has 0 aliphatic carbocycles. The highest BCUT2D eigenvalue weighted by Crippen LogP contribution is 2.10. The molecule has 0 saturated heterocycles. The molecule has 0 aromatic heterocycles. The Hall–Kier alpha value is -1.10. The second kappa shape index (κ2) is 8.91. The zero-order valence-corrected chi connectivity index (χ0v) is 9.76. The van der Waals surface area contributed by atoms with E-state index in [0.29, 0.717) is 0 Å². The molecule has 0 heterocycles. The molecular formula is C9H19NO8. The molecule has 0 spiro atoms. The van der Waals surface area contributed by atoms with Gasteiger partial charge in [-0.05, 0) is 6.92 Å². The first-order valence-corrected chi connectivity index (χ1v) is 4.91. The third-order valence-electron chi connectivity index (χ3n) is 2.16. The Morgan fingerprint density at radius 2 is 1.94 bits per heavy atom. The van der Waals surface area contributed by atoms with Gasteiger partial charge in [0.15, 0.2) is 6.10 Å². The van der Waals surface area contributed by atoms with E-state index in [2.05, 4.69) is 0 Å². The predicted octanol–water partition coefficient (Wildman–Crippen LogP) is -3.74. The molecule has 0 aliphatic heterocycles. The first-order valence-electron chi connectivity index (χ1n) is 4.91. The molecule has 0 radical (unpaired) electrons. The number of nitrogens with two attached hydrogens (primary N) is 1. The van der Waals surface area contributed by atoms with Crippen molar-refractivity contribution >= 4 is 12.3 Å². The van der Waals surface area contributed by atoms with E-state index >= 15 is 0 Å². The van der Waals surface area contributed by atoms with Crippen LogP contribution in [0.25, 0.3) is 0 Å². The third kappa shape index (κ3) is 5.49. The van der Waals surface area contributed by atoms with Crippen molar-refractivity contribution in [2.75, 3.05) is 6.61 Å². The Morgan fingerprint density at radius 1 is 1.44 bits per heavy atom. The Balaban J connectivity index is 0. The van der Waals surface area contributed by atoms with E-state index in [-0.39, 0.29) is 11.8 Å². The summed E-state index contributed by atoms with van der Waals surface area (Å²) in [5, 5.41) is 36.0. The summed E-state index contributed by atoms with van der Waals surface area (Å²) in [5.41, 5.74) is 5.32. The van der Waals surface area contributed by atoms with Gasteiger partial charge in [0.2, 0.25) is 0 Å². The SMILES string of the molecule is C[C@@H](O[C@@H]([C@H](O)[C@H](O)CO)[C@@H](N)C=O)C(=O)O.O. The summed E-state index contributed by atoms with van der Waals surface area (Å²) in [7, 11) is 0. The van der Waals surface area contributed by atoms with E-state index < -0.39 is 43.0 Å². The van der Waals surface area contributed by atoms with E-state index in [4.69, 9.17) is 20.7 Å². The van der Waals surface area contributed by atoms with Gasteiger partial charge in [-0.1, -0.05) is 0 Å². The number of hydrogen-bond donors (Lipinski definition) is 5. The second-order valence-corrected chi connectivity index (χ2v) is 3.54. The number of hydrogen-bond acceptors (Lipinski definition) is 7. The van der Waals surface area contributed by atoms with Crippen LogP contribution in [0, 0.1) is 0 Å². The van der Waals surface area contributed by atoms with Crippen LogP contribution in [0.15, 0.2) is 0 Å². The smallest absolute Gasteiger partial charge is 0.332 e. The Labute approximate surface area is 103 Å². The molecule has 0 rings (SSSR count). The summed E-state index contributed by atoms with van der Waals surface area (Å²) in [5.74, 6) is -1.31. The molecular weight excluding hydrogens is 250 g/mol. The van der Waals surface area contributed by atoms with Crippen LogP contribution in [-0.2, 0) is 14.3 Å². The summed E-state index contributed by atoms with van der Waals surface area (Å²) >= 11 is 0. The lowest BCUT2D eigenvalue weighted by Crippen LogP contribution is -2.53. The van der Waals surface area contributed by atoms with Crippen molar-refractivity contribution in [2.45, 2.75) is 37.4 Å². The van der Waals surface area contributed by atoms with Crippen molar-refractivity contribution in [3.05, 3.63) is 0 Å². The summed E-state index contributed by atoms with van der Waals surface area (Å²) in [6, 6.07) is -1.31. The van der Waals surface area contributed by atoms with Crippen LogP contribution in [0.2, 0.25) is 0 Å². The number of aliphatic hydroxyl groups excluding tert-OH is 3. The summed E-state index contributed by atoms with van der Waals surface area (Å²) in [6.45, 7) is 0.416. The van der Waals surface area contributed by atoms with Gasteiger partial charge in [0, 0.05) is 0 Å². The van der Waals surface area contributed by atoms with Crippen molar-refractivity contribution in [1.82, 2.24) is 0 Å². The number of carboxylic acids is 1. The highest BCUT2D eigenvalue weighted by atomic mass is 16.5. The van der Waals surface area contributed by atoms with Crippen molar-refractivity contribution in [3.63, 3.8) is 0 Å². The number of ether oxygens (including phenoxy) is 1. The summed E-state index contributed by atoms with van der Waals surface area (Å²) < 4.78 is 4.87. The van der Waals surface area contributed by atoms with Gasteiger partial charge in [-0.15, -0.1) is 0 Å². The van der Waals surface area contributed by atoms with Gasteiger partial charge in [0.25, 0.3) is 0 Å². The maximum atomic E-state index is 10.6. The van der Waals surface area contributed by atoms with Crippen LogP contribution < -0.4 is 5.73 Å². The fourth-order valence-electron chi connectivity index (χ4n) is 1.10. The van der Waals surface area contributed by atoms with Gasteiger partial charge >= 0.3 is 5.97 Å². The molecule has 0 bridgehead atoms. The van der Waals surface area contributed by atoms with Crippen LogP contribution in [0.1, 0.15) is 6.92 Å². The minimum Gasteiger partial charge on any atom is -0.479 e. The van der Waals surface area contributed by atoms with E-state index in [1.807, 2.05) is 0 Å². The van der Waals surface area contributed by atoms with Gasteiger partial charge < -0.3 is 41.2 Å². The number of rotatable bonds is 8. The highest BCUT2D eigenvalue weighted by molar-refractivity contribution is 5.71. The Morgan fingerprint density at radius 3 is 2.28 bits per heavy atom. The van der Waals surface area contributed by atoms with Crippen LogP contribution in [-0.4, -0.2) is 75.2 Å². The van der Waals surface area contributed by atoms with Crippen LogP contribution in [0.3, 0.4) is 0 Å². The third-order valence-corrected chi connectivity index (χ3v) is 2.16. The van der Waals surface area contributed by atoms with E-state index in [1.54, 1.807) is 0 Å². The quantitative estimate of drug-likeness (QED) is 0.278. The molecule has 8 N–H and O–H groups in total. The molecule has 0 aromatic rings. The molecule has 18 heavy (non-hydrogen) atoms. The number of carbonyl (C=O) groups excluding carboxylic acids is 1. The van der Waals surface area contributed by atoms with Gasteiger partial charge in [-0.2, -0.15) is 0 Å². The fourth-order valence-corrected chi connectivity index (χ4v) is 1.10. The van der Waals surface area contributed by atoms with Crippen molar-refractivity contribution < 1.29 is 40.2 Å². The van der Waals surface area contributed by atoms with E-state index in [0.717, 1.165) is 0 Å². The lowest BCUT2D eigenvalue weighted by molar-refractivity contribution is -0.166. The fraction of sp³-hybridized carbons (Fsp3) is 0.778. The number of aliphatic hydroxyl groups is 3. The average molecular weight is 269 g/mol. The maximum Gasteiger partial charge on any atom is 0.332 e. The standard InChI is InChI=1S/C9H17NO7.H2O/c1-4(9(15)16)17-8(5(10)2-11)7(14)6(13)3-12;/h2,4-8,12-14H,3,10H2,1H3,(H,15,16);1H2/t4-,5+,6-,7-,8-;/m1./s1. The molecule has 108 valence electrons. The van der Waals surface area contributed by atoms with Crippen LogP contribution in [0.5, 0.6) is 0 Å². The zero-order valence-electron chi connectivity index (χ0n) is 9.76. The van der Waals surface area contributed by atoms with Crippen molar-refractivity contribution in [2.24, 2.45) is 5.73 Å². The van der Waals surface area contributed by atoms with Gasteiger partial charge in [-0.3, -0.25) is 0 Å². The van der Waals surface area contributed by atoms with Gasteiger partial charge in [0.05, 0.1) is 12.6 Å². The number of aliphatic carboxylic acids is 1. The molecule has 0 aliphatic rings. The van der Waals surface area contributed by atoms with E-state index in [9.17, 15) is 19.8 Å². The lowest BCUT2D eigenvalue weighted by Gasteiger charge is -2.29. The first kappa shape index (κ1) is 19.2. The molecule has 0 amide bonds. The Bertz CT molecular complexity index is 261. The largest absolute Gasteiger partial charge is 0.479 e. The molecule has 0 fully saturated rings. The molecule has 0 saturated carbocycles. The maximum absolute atomic E-state index is 10.6. The number of aldehydes is 1. The lowest BCUT2D eigenvalue weighted by atomic mass is 10.0. The minimum atomic E-state index is -1.66. The summed E-state index contributed by atoms with van der Waals surface area (Å²) in [6.07, 6.45) is -5.71. The molecule has 9 heteroatoms. The molecule has 9 nitrogen and oxygen atoms in total. The number of carbonyl (C=O) groups is 2. The molecule has 5 atom stereocenters. The Kier molecular flexibility index (Phi) is 9.53. The first-order chi connectivity index (χ1) is 7.84. The topological polar surface area (TPSA) is 182 Å². The highest BCUT2D eigenvalue weighted by Gasteiger charge is 2.34.